The van der Waals surface area contributed by atoms with Crippen LogP contribution in [-0.4, -0.2) is 30.0 Å². The van der Waals surface area contributed by atoms with Gasteiger partial charge >= 0.3 is 0 Å². The molecule has 1 amide bonds. The molecule has 2 atom stereocenters. The van der Waals surface area contributed by atoms with E-state index >= 15 is 0 Å². The van der Waals surface area contributed by atoms with Crippen LogP contribution < -0.4 is 10.1 Å². The number of likely N-dealkylation sites (tertiary alicyclic amines) is 1. The number of carbonyl (C=O) groups is 1. The molecule has 0 aromatic heterocycles. The number of para-hydroxylation sites is 1. The zero-order valence-electron chi connectivity index (χ0n) is 16.2. The van der Waals surface area contributed by atoms with E-state index in [4.69, 9.17) is 4.74 Å². The smallest absolute Gasteiger partial charge is 0.255 e. The average Bonchev–Trinajstić information content (AvgIpc) is 3.29. The standard InChI is InChI=1S/C23H28N2O2/c1-16-17(2)27-22-20(16)6-5-7-21(22)23(26)24-14-18-8-10-19(11-9-18)15-25-12-3-4-13-25/h5-11,16-17H,3-4,12-15H2,1-2H3,(H,24,26)/t16-,17+/m0/s1. The number of ether oxygens (including phenoxy) is 1. The summed E-state index contributed by atoms with van der Waals surface area (Å²) in [5.41, 5.74) is 4.21. The fourth-order valence-electron chi connectivity index (χ4n) is 4.00. The lowest BCUT2D eigenvalue weighted by atomic mass is 9.97. The Hall–Kier alpha value is -2.33. The van der Waals surface area contributed by atoms with Gasteiger partial charge in [-0.05, 0) is 50.0 Å². The highest BCUT2D eigenvalue weighted by atomic mass is 16.5. The second-order valence-electron chi connectivity index (χ2n) is 7.82. The Bertz CT molecular complexity index is 810. The van der Waals surface area contributed by atoms with Gasteiger partial charge in [-0.2, -0.15) is 0 Å². The number of hydrogen-bond donors (Lipinski definition) is 1. The number of benzene rings is 2. The van der Waals surface area contributed by atoms with Crippen LogP contribution in [0.15, 0.2) is 42.5 Å². The molecule has 0 aliphatic carbocycles. The molecule has 0 radical (unpaired) electrons. The van der Waals surface area contributed by atoms with E-state index in [-0.39, 0.29) is 12.0 Å². The minimum Gasteiger partial charge on any atom is -0.489 e. The van der Waals surface area contributed by atoms with Crippen LogP contribution >= 0.6 is 0 Å². The zero-order valence-corrected chi connectivity index (χ0v) is 16.2. The summed E-state index contributed by atoms with van der Waals surface area (Å²) in [7, 11) is 0. The third kappa shape index (κ3) is 3.86. The number of hydrogen-bond acceptors (Lipinski definition) is 3. The van der Waals surface area contributed by atoms with Crippen molar-refractivity contribution < 1.29 is 9.53 Å². The first-order chi connectivity index (χ1) is 13.1. The molecule has 0 saturated carbocycles. The van der Waals surface area contributed by atoms with Gasteiger partial charge in [-0.1, -0.05) is 43.3 Å². The summed E-state index contributed by atoms with van der Waals surface area (Å²) in [6.45, 7) is 8.16. The van der Waals surface area contributed by atoms with Crippen LogP contribution in [0.5, 0.6) is 5.75 Å². The van der Waals surface area contributed by atoms with E-state index in [2.05, 4.69) is 54.4 Å². The molecule has 2 aromatic carbocycles. The summed E-state index contributed by atoms with van der Waals surface area (Å²) in [5.74, 6) is 0.987. The monoisotopic (exact) mass is 364 g/mol. The summed E-state index contributed by atoms with van der Waals surface area (Å²) < 4.78 is 5.94. The number of amides is 1. The van der Waals surface area contributed by atoms with Gasteiger partial charge in [0.25, 0.3) is 5.91 Å². The molecular weight excluding hydrogens is 336 g/mol. The first-order valence-corrected chi connectivity index (χ1v) is 10.00. The van der Waals surface area contributed by atoms with Crippen LogP contribution in [0.25, 0.3) is 0 Å². The molecule has 4 rings (SSSR count). The number of fused-ring (bicyclic) bond motifs is 1. The Balaban J connectivity index is 1.37. The van der Waals surface area contributed by atoms with Gasteiger partial charge in [0.15, 0.2) is 0 Å². The van der Waals surface area contributed by atoms with E-state index < -0.39 is 0 Å². The summed E-state index contributed by atoms with van der Waals surface area (Å²) in [6, 6.07) is 14.4. The van der Waals surface area contributed by atoms with Crippen LogP contribution in [0.1, 0.15) is 59.7 Å². The van der Waals surface area contributed by atoms with Crippen molar-refractivity contribution in [3.05, 3.63) is 64.7 Å². The fourth-order valence-corrected chi connectivity index (χ4v) is 4.00. The molecule has 2 aromatic rings. The largest absolute Gasteiger partial charge is 0.489 e. The predicted molar refractivity (Wildman–Crippen MR) is 107 cm³/mol. The Morgan fingerprint density at radius 3 is 2.52 bits per heavy atom. The summed E-state index contributed by atoms with van der Waals surface area (Å²) in [6.07, 6.45) is 2.74. The normalized spacial score (nSPS) is 21.7. The molecule has 1 N–H and O–H groups in total. The molecule has 0 unspecified atom stereocenters. The van der Waals surface area contributed by atoms with Gasteiger partial charge in [-0.15, -0.1) is 0 Å². The SMILES string of the molecule is C[C@@H]1c2cccc(C(=O)NCc3ccc(CN4CCCC4)cc3)c2O[C@@H]1C. The Kier molecular flexibility index (Phi) is 5.17. The maximum atomic E-state index is 12.7. The van der Waals surface area contributed by atoms with Gasteiger partial charge in [-0.3, -0.25) is 9.69 Å². The molecule has 142 valence electrons. The van der Waals surface area contributed by atoms with Gasteiger partial charge in [0.1, 0.15) is 11.9 Å². The Labute approximate surface area is 161 Å². The lowest BCUT2D eigenvalue weighted by molar-refractivity contribution is 0.0946. The van der Waals surface area contributed by atoms with Crippen molar-refractivity contribution in [3.8, 4) is 5.75 Å². The molecule has 1 fully saturated rings. The minimum absolute atomic E-state index is 0.0747. The topological polar surface area (TPSA) is 41.6 Å². The zero-order chi connectivity index (χ0) is 18.8. The summed E-state index contributed by atoms with van der Waals surface area (Å²) in [5, 5.41) is 3.04. The molecule has 0 spiro atoms. The highest BCUT2D eigenvalue weighted by Crippen LogP contribution is 2.40. The lowest BCUT2D eigenvalue weighted by Crippen LogP contribution is -2.23. The quantitative estimate of drug-likeness (QED) is 0.869. The maximum Gasteiger partial charge on any atom is 0.255 e. The first-order valence-electron chi connectivity index (χ1n) is 10.00. The van der Waals surface area contributed by atoms with E-state index in [0.717, 1.165) is 23.4 Å². The van der Waals surface area contributed by atoms with Crippen molar-refractivity contribution in [2.45, 2.75) is 51.8 Å². The number of nitrogens with zero attached hydrogens (tertiary/aromatic N) is 1. The van der Waals surface area contributed by atoms with Crippen LogP contribution in [0, 0.1) is 0 Å². The Morgan fingerprint density at radius 1 is 1.07 bits per heavy atom. The van der Waals surface area contributed by atoms with Crippen molar-refractivity contribution in [2.75, 3.05) is 13.1 Å². The van der Waals surface area contributed by atoms with Crippen molar-refractivity contribution >= 4 is 5.91 Å². The molecule has 2 heterocycles. The van der Waals surface area contributed by atoms with Gasteiger partial charge in [0.05, 0.1) is 5.56 Å². The molecule has 0 bridgehead atoms. The Morgan fingerprint density at radius 2 is 1.78 bits per heavy atom. The molecule has 4 nitrogen and oxygen atoms in total. The molecule has 4 heteroatoms. The predicted octanol–water partition coefficient (Wildman–Crippen LogP) is 4.10. The van der Waals surface area contributed by atoms with E-state index in [1.165, 1.54) is 31.5 Å². The summed E-state index contributed by atoms with van der Waals surface area (Å²) >= 11 is 0. The van der Waals surface area contributed by atoms with Gasteiger partial charge in [-0.25, -0.2) is 0 Å². The minimum atomic E-state index is -0.0747. The van der Waals surface area contributed by atoms with Crippen molar-refractivity contribution in [1.29, 1.82) is 0 Å². The van der Waals surface area contributed by atoms with E-state index in [9.17, 15) is 4.79 Å². The fraction of sp³-hybridized carbons (Fsp3) is 0.435. The molecule has 27 heavy (non-hydrogen) atoms. The van der Waals surface area contributed by atoms with Crippen LogP contribution in [0.3, 0.4) is 0 Å². The molecule has 2 aliphatic heterocycles. The highest BCUT2D eigenvalue weighted by Gasteiger charge is 2.30. The van der Waals surface area contributed by atoms with E-state index in [1.807, 2.05) is 12.1 Å². The van der Waals surface area contributed by atoms with Gasteiger partial charge in [0.2, 0.25) is 0 Å². The average molecular weight is 364 g/mol. The molecular formula is C23H28N2O2. The number of nitrogens with one attached hydrogen (secondary N) is 1. The van der Waals surface area contributed by atoms with Crippen LogP contribution in [0.2, 0.25) is 0 Å². The third-order valence-electron chi connectivity index (χ3n) is 5.87. The first kappa shape index (κ1) is 18.1. The van der Waals surface area contributed by atoms with Gasteiger partial charge in [0, 0.05) is 24.6 Å². The van der Waals surface area contributed by atoms with Crippen molar-refractivity contribution in [2.24, 2.45) is 0 Å². The molecule has 1 saturated heterocycles. The second kappa shape index (κ2) is 7.73. The second-order valence-corrected chi connectivity index (χ2v) is 7.82. The highest BCUT2D eigenvalue weighted by molar-refractivity contribution is 5.97. The van der Waals surface area contributed by atoms with E-state index in [1.54, 1.807) is 0 Å². The molecule has 2 aliphatic rings. The van der Waals surface area contributed by atoms with Crippen LogP contribution in [-0.2, 0) is 13.1 Å². The van der Waals surface area contributed by atoms with Crippen molar-refractivity contribution in [3.63, 3.8) is 0 Å². The van der Waals surface area contributed by atoms with Gasteiger partial charge < -0.3 is 10.1 Å². The van der Waals surface area contributed by atoms with Crippen molar-refractivity contribution in [1.82, 2.24) is 10.2 Å². The maximum absolute atomic E-state index is 12.7. The number of rotatable bonds is 5. The third-order valence-corrected chi connectivity index (χ3v) is 5.87. The van der Waals surface area contributed by atoms with Crippen LogP contribution in [0.4, 0.5) is 0 Å². The number of carbonyl (C=O) groups excluding carboxylic acids is 1. The lowest BCUT2D eigenvalue weighted by Gasteiger charge is -2.15. The summed E-state index contributed by atoms with van der Waals surface area (Å²) in [4.78, 5) is 15.2. The van der Waals surface area contributed by atoms with E-state index in [0.29, 0.717) is 18.0 Å².